The first-order valence-corrected chi connectivity index (χ1v) is 7.64. The van der Waals surface area contributed by atoms with Crippen molar-refractivity contribution in [3.63, 3.8) is 0 Å². The largest absolute Gasteiger partial charge is 0.465 e. The number of carbonyl (C=O) groups excluding carboxylic acids is 1. The summed E-state index contributed by atoms with van der Waals surface area (Å²) in [5.41, 5.74) is 0.955. The number of esters is 1. The van der Waals surface area contributed by atoms with E-state index in [1.165, 1.54) is 0 Å². The highest BCUT2D eigenvalue weighted by atomic mass is 16.7. The van der Waals surface area contributed by atoms with Crippen molar-refractivity contribution in [1.29, 1.82) is 0 Å². The maximum atomic E-state index is 11.6. The standard InChI is InChI=1S/C17H26O4/c1-5-7-8-17(18)20-13(3)15-9-11-16(12-10-15)21-14(4)19-6-2/h9-14H,5-8H2,1-4H3. The van der Waals surface area contributed by atoms with E-state index in [0.717, 1.165) is 24.2 Å². The third kappa shape index (κ3) is 6.63. The Labute approximate surface area is 127 Å². The quantitative estimate of drug-likeness (QED) is 0.504. The molecule has 1 rings (SSSR count). The molecule has 0 heterocycles. The van der Waals surface area contributed by atoms with E-state index < -0.39 is 0 Å². The second-order valence-corrected chi connectivity index (χ2v) is 4.95. The summed E-state index contributed by atoms with van der Waals surface area (Å²) in [7, 11) is 0. The first kappa shape index (κ1) is 17.5. The van der Waals surface area contributed by atoms with E-state index in [2.05, 4.69) is 6.92 Å². The minimum Gasteiger partial charge on any atom is -0.465 e. The summed E-state index contributed by atoms with van der Waals surface area (Å²) >= 11 is 0. The monoisotopic (exact) mass is 294 g/mol. The number of benzene rings is 1. The van der Waals surface area contributed by atoms with E-state index >= 15 is 0 Å². The fraction of sp³-hybridized carbons (Fsp3) is 0.588. The van der Waals surface area contributed by atoms with E-state index in [1.54, 1.807) is 0 Å². The fourth-order valence-corrected chi connectivity index (χ4v) is 1.92. The van der Waals surface area contributed by atoms with Crippen LogP contribution in [0.4, 0.5) is 0 Å². The van der Waals surface area contributed by atoms with E-state index in [4.69, 9.17) is 14.2 Å². The molecule has 1 aromatic carbocycles. The normalized spacial score (nSPS) is 13.5. The predicted octanol–water partition coefficient (Wildman–Crippen LogP) is 4.24. The van der Waals surface area contributed by atoms with Crippen LogP contribution >= 0.6 is 0 Å². The highest BCUT2D eigenvalue weighted by molar-refractivity contribution is 5.69. The first-order chi connectivity index (χ1) is 10.1. The van der Waals surface area contributed by atoms with Crippen molar-refractivity contribution in [1.82, 2.24) is 0 Å². The average Bonchev–Trinajstić information content (AvgIpc) is 2.46. The van der Waals surface area contributed by atoms with Gasteiger partial charge in [0.05, 0.1) is 0 Å². The van der Waals surface area contributed by atoms with Gasteiger partial charge in [0.15, 0.2) is 6.29 Å². The zero-order valence-corrected chi connectivity index (χ0v) is 13.4. The molecule has 0 aromatic heterocycles. The molecule has 0 spiro atoms. The van der Waals surface area contributed by atoms with E-state index in [9.17, 15) is 4.79 Å². The van der Waals surface area contributed by atoms with Crippen molar-refractivity contribution in [2.24, 2.45) is 0 Å². The minimum atomic E-state index is -0.273. The summed E-state index contributed by atoms with van der Waals surface area (Å²) in [6.45, 7) is 8.33. The number of unbranched alkanes of at least 4 members (excludes halogenated alkanes) is 1. The zero-order chi connectivity index (χ0) is 15.7. The molecule has 0 aliphatic carbocycles. The van der Waals surface area contributed by atoms with Crippen molar-refractivity contribution in [2.75, 3.05) is 6.61 Å². The van der Waals surface area contributed by atoms with Gasteiger partial charge in [0.25, 0.3) is 0 Å². The van der Waals surface area contributed by atoms with Crippen LogP contribution in [0.5, 0.6) is 5.75 Å². The zero-order valence-electron chi connectivity index (χ0n) is 13.4. The lowest BCUT2D eigenvalue weighted by atomic mass is 10.1. The van der Waals surface area contributed by atoms with Gasteiger partial charge in [0.1, 0.15) is 11.9 Å². The molecule has 21 heavy (non-hydrogen) atoms. The smallest absolute Gasteiger partial charge is 0.306 e. The summed E-state index contributed by atoms with van der Waals surface area (Å²) in [5, 5.41) is 0. The third-order valence-electron chi connectivity index (χ3n) is 3.10. The van der Waals surface area contributed by atoms with E-state index in [0.29, 0.717) is 13.0 Å². The fourth-order valence-electron chi connectivity index (χ4n) is 1.92. The van der Waals surface area contributed by atoms with Gasteiger partial charge in [-0.15, -0.1) is 0 Å². The molecule has 118 valence electrons. The van der Waals surface area contributed by atoms with Gasteiger partial charge >= 0.3 is 5.97 Å². The molecule has 4 heteroatoms. The second-order valence-electron chi connectivity index (χ2n) is 4.95. The Kier molecular flexibility index (Phi) is 7.83. The van der Waals surface area contributed by atoms with Crippen LogP contribution in [-0.2, 0) is 14.3 Å². The molecule has 2 unspecified atom stereocenters. The molecule has 1 aromatic rings. The second kappa shape index (κ2) is 9.40. The highest BCUT2D eigenvalue weighted by Crippen LogP contribution is 2.21. The van der Waals surface area contributed by atoms with Crippen molar-refractivity contribution < 1.29 is 19.0 Å². The van der Waals surface area contributed by atoms with Crippen LogP contribution in [-0.4, -0.2) is 18.9 Å². The van der Waals surface area contributed by atoms with E-state index in [-0.39, 0.29) is 18.4 Å². The van der Waals surface area contributed by atoms with Gasteiger partial charge in [-0.2, -0.15) is 0 Å². The van der Waals surface area contributed by atoms with Crippen molar-refractivity contribution in [3.05, 3.63) is 29.8 Å². The molecule has 0 bridgehead atoms. The molecular weight excluding hydrogens is 268 g/mol. The Morgan fingerprint density at radius 3 is 2.38 bits per heavy atom. The number of hydrogen-bond acceptors (Lipinski definition) is 4. The van der Waals surface area contributed by atoms with Crippen LogP contribution in [0.25, 0.3) is 0 Å². The Bertz CT molecular complexity index is 413. The van der Waals surface area contributed by atoms with Crippen LogP contribution in [0.2, 0.25) is 0 Å². The molecule has 0 N–H and O–H groups in total. The molecule has 0 saturated heterocycles. The summed E-state index contributed by atoms with van der Waals surface area (Å²) in [4.78, 5) is 11.6. The lowest BCUT2D eigenvalue weighted by molar-refractivity contribution is -0.148. The molecule has 2 atom stereocenters. The van der Waals surface area contributed by atoms with Gasteiger partial charge in [0.2, 0.25) is 0 Å². The Morgan fingerprint density at radius 1 is 1.14 bits per heavy atom. The number of carbonyl (C=O) groups is 1. The number of ether oxygens (including phenoxy) is 3. The minimum absolute atomic E-state index is 0.144. The summed E-state index contributed by atoms with van der Waals surface area (Å²) < 4.78 is 16.3. The molecular formula is C17H26O4. The molecule has 0 saturated carbocycles. The van der Waals surface area contributed by atoms with Crippen molar-refractivity contribution in [2.45, 2.75) is 59.4 Å². The maximum absolute atomic E-state index is 11.6. The van der Waals surface area contributed by atoms with Gasteiger partial charge in [-0.05, 0) is 44.9 Å². The van der Waals surface area contributed by atoms with E-state index in [1.807, 2.05) is 45.0 Å². The van der Waals surface area contributed by atoms with Crippen LogP contribution in [0.3, 0.4) is 0 Å². The topological polar surface area (TPSA) is 44.8 Å². The molecule has 0 fully saturated rings. The van der Waals surface area contributed by atoms with Crippen LogP contribution in [0.1, 0.15) is 58.6 Å². The van der Waals surface area contributed by atoms with Crippen LogP contribution in [0.15, 0.2) is 24.3 Å². The van der Waals surface area contributed by atoms with Gasteiger partial charge in [-0.1, -0.05) is 25.5 Å². The summed E-state index contributed by atoms with van der Waals surface area (Å²) in [5.74, 6) is 0.596. The molecule has 4 nitrogen and oxygen atoms in total. The number of hydrogen-bond donors (Lipinski definition) is 0. The van der Waals surface area contributed by atoms with Gasteiger partial charge in [-0.3, -0.25) is 4.79 Å². The molecule has 0 radical (unpaired) electrons. The summed E-state index contributed by atoms with van der Waals surface area (Å²) in [6, 6.07) is 7.54. The van der Waals surface area contributed by atoms with Gasteiger partial charge < -0.3 is 14.2 Å². The molecule has 0 aliphatic heterocycles. The van der Waals surface area contributed by atoms with Crippen molar-refractivity contribution in [3.8, 4) is 5.75 Å². The highest BCUT2D eigenvalue weighted by Gasteiger charge is 2.11. The van der Waals surface area contributed by atoms with Crippen molar-refractivity contribution >= 4 is 5.97 Å². The SMILES string of the molecule is CCCCC(=O)OC(C)c1ccc(OC(C)OCC)cc1. The Hall–Kier alpha value is -1.55. The average molecular weight is 294 g/mol. The van der Waals surface area contributed by atoms with Gasteiger partial charge in [0, 0.05) is 13.0 Å². The summed E-state index contributed by atoms with van der Waals surface area (Å²) in [6.07, 6.45) is 1.83. The van der Waals surface area contributed by atoms with Crippen LogP contribution in [0, 0.1) is 0 Å². The first-order valence-electron chi connectivity index (χ1n) is 7.64. The lowest BCUT2D eigenvalue weighted by Crippen LogP contribution is -2.16. The maximum Gasteiger partial charge on any atom is 0.306 e. The predicted molar refractivity (Wildman–Crippen MR) is 82.2 cm³/mol. The van der Waals surface area contributed by atoms with Gasteiger partial charge in [-0.25, -0.2) is 0 Å². The lowest BCUT2D eigenvalue weighted by Gasteiger charge is -2.16. The number of rotatable bonds is 9. The Morgan fingerprint density at radius 2 is 1.81 bits per heavy atom. The Balaban J connectivity index is 2.50. The van der Waals surface area contributed by atoms with Crippen LogP contribution < -0.4 is 4.74 Å². The molecule has 0 aliphatic rings. The molecule has 0 amide bonds. The third-order valence-corrected chi connectivity index (χ3v) is 3.10.